The molecule has 0 spiro atoms. The van der Waals surface area contributed by atoms with Crippen molar-refractivity contribution in [2.24, 2.45) is 5.10 Å². The predicted molar refractivity (Wildman–Crippen MR) is 106 cm³/mol. The van der Waals surface area contributed by atoms with E-state index >= 15 is 0 Å². The van der Waals surface area contributed by atoms with Gasteiger partial charge < -0.3 is 15.4 Å². The van der Waals surface area contributed by atoms with Crippen LogP contribution in [0.15, 0.2) is 53.6 Å². The third-order valence-corrected chi connectivity index (χ3v) is 3.74. The van der Waals surface area contributed by atoms with Gasteiger partial charge in [-0.3, -0.25) is 14.4 Å². The van der Waals surface area contributed by atoms with Crippen LogP contribution in [0.25, 0.3) is 0 Å². The van der Waals surface area contributed by atoms with Crippen molar-refractivity contribution in [1.29, 1.82) is 0 Å². The zero-order valence-electron chi connectivity index (χ0n) is 15.7. The van der Waals surface area contributed by atoms with E-state index in [0.717, 1.165) is 17.7 Å². The molecule has 0 saturated heterocycles. The lowest BCUT2D eigenvalue weighted by Gasteiger charge is -2.10. The molecule has 2 rings (SSSR count). The minimum atomic E-state index is -0.852. The summed E-state index contributed by atoms with van der Waals surface area (Å²) >= 11 is 0. The number of nitrogens with zero attached hydrogens (tertiary/aromatic N) is 1. The first-order valence-electron chi connectivity index (χ1n) is 8.69. The third kappa shape index (κ3) is 6.24. The molecule has 3 amide bonds. The number of carbonyl (C=O) groups is 3. The number of hydrogen-bond donors (Lipinski definition) is 3. The quantitative estimate of drug-likeness (QED) is 0.383. The molecule has 146 valence electrons. The minimum Gasteiger partial charge on any atom is -0.484 e. The number of hydrazone groups is 1. The topological polar surface area (TPSA) is 109 Å². The largest absolute Gasteiger partial charge is 0.484 e. The Balaban J connectivity index is 1.83. The van der Waals surface area contributed by atoms with E-state index in [2.05, 4.69) is 21.2 Å². The summed E-state index contributed by atoms with van der Waals surface area (Å²) in [7, 11) is 1.35. The van der Waals surface area contributed by atoms with E-state index < -0.39 is 11.8 Å². The minimum absolute atomic E-state index is 0.117. The van der Waals surface area contributed by atoms with Gasteiger partial charge in [0.2, 0.25) is 0 Å². The number of hydrogen-bond acceptors (Lipinski definition) is 5. The number of para-hydroxylation sites is 1. The summed E-state index contributed by atoms with van der Waals surface area (Å²) in [5.41, 5.74) is 4.63. The average molecular weight is 382 g/mol. The molecule has 0 fully saturated rings. The number of likely N-dealkylation sites (N-methyl/N-ethyl adjacent to an activating group) is 1. The number of aryl methyl sites for hydroxylation is 1. The van der Waals surface area contributed by atoms with Crippen LogP contribution in [0.3, 0.4) is 0 Å². The summed E-state index contributed by atoms with van der Waals surface area (Å²) in [5.74, 6) is -1.36. The van der Waals surface area contributed by atoms with Crippen LogP contribution in [0.1, 0.15) is 18.1 Å². The molecule has 3 N–H and O–H groups in total. The number of benzene rings is 2. The second-order valence-corrected chi connectivity index (χ2v) is 5.69. The Morgan fingerprint density at radius 2 is 1.75 bits per heavy atom. The second-order valence-electron chi connectivity index (χ2n) is 5.69. The Kier molecular flexibility index (Phi) is 7.71. The summed E-state index contributed by atoms with van der Waals surface area (Å²) in [6, 6.07) is 14.4. The first kappa shape index (κ1) is 20.6. The van der Waals surface area contributed by atoms with Crippen molar-refractivity contribution >= 4 is 29.6 Å². The number of carbonyl (C=O) groups excluding carboxylic acids is 3. The highest BCUT2D eigenvalue weighted by molar-refractivity contribution is 6.34. The van der Waals surface area contributed by atoms with Gasteiger partial charge in [-0.2, -0.15) is 5.10 Å². The van der Waals surface area contributed by atoms with Gasteiger partial charge in [0, 0.05) is 12.7 Å². The molecular formula is C20H22N4O4. The number of ether oxygens (including phenoxy) is 1. The molecule has 0 saturated carbocycles. The molecule has 0 unspecified atom stereocenters. The third-order valence-electron chi connectivity index (χ3n) is 3.74. The Hall–Kier alpha value is -3.68. The molecule has 28 heavy (non-hydrogen) atoms. The lowest BCUT2D eigenvalue weighted by atomic mass is 10.1. The van der Waals surface area contributed by atoms with Crippen LogP contribution in [0.2, 0.25) is 0 Å². The Morgan fingerprint density at radius 1 is 1.04 bits per heavy atom. The van der Waals surface area contributed by atoms with Gasteiger partial charge in [0.25, 0.3) is 5.91 Å². The number of anilines is 1. The van der Waals surface area contributed by atoms with Gasteiger partial charge in [-0.05, 0) is 47.9 Å². The Labute approximate surface area is 163 Å². The lowest BCUT2D eigenvalue weighted by Crippen LogP contribution is -2.35. The molecule has 0 atom stereocenters. The molecule has 8 nitrogen and oxygen atoms in total. The summed E-state index contributed by atoms with van der Waals surface area (Å²) in [4.78, 5) is 34.4. The van der Waals surface area contributed by atoms with Gasteiger partial charge >= 0.3 is 11.8 Å². The van der Waals surface area contributed by atoms with E-state index in [1.165, 1.54) is 13.3 Å². The van der Waals surface area contributed by atoms with Gasteiger partial charge in [-0.25, -0.2) is 5.43 Å². The summed E-state index contributed by atoms with van der Waals surface area (Å²) < 4.78 is 5.48. The van der Waals surface area contributed by atoms with Crippen LogP contribution < -0.4 is 20.8 Å². The first-order valence-corrected chi connectivity index (χ1v) is 8.69. The number of nitrogens with one attached hydrogen (secondary N) is 3. The highest BCUT2D eigenvalue weighted by Gasteiger charge is 2.09. The van der Waals surface area contributed by atoms with E-state index in [-0.39, 0.29) is 12.5 Å². The number of rotatable bonds is 7. The van der Waals surface area contributed by atoms with Crippen molar-refractivity contribution in [3.63, 3.8) is 0 Å². The summed E-state index contributed by atoms with van der Waals surface area (Å²) in [5, 5.41) is 8.72. The van der Waals surface area contributed by atoms with Crippen molar-refractivity contribution in [1.82, 2.24) is 10.7 Å². The van der Waals surface area contributed by atoms with E-state index in [0.29, 0.717) is 11.3 Å². The molecule has 0 bridgehead atoms. The molecule has 0 aromatic heterocycles. The number of amides is 3. The van der Waals surface area contributed by atoms with Crippen LogP contribution in [0.5, 0.6) is 5.75 Å². The predicted octanol–water partition coefficient (Wildman–Crippen LogP) is 1.46. The standard InChI is InChI=1S/C20H22N4O4/c1-3-15-6-4-5-7-17(15)23-18(25)13-28-16-10-8-14(9-11-16)12-22-24-20(27)19(26)21-2/h4-12H,3,13H2,1-2H3,(H,21,26)(H,23,25)(H,24,27)/b22-12-. The van der Waals surface area contributed by atoms with Crippen LogP contribution in [-0.2, 0) is 20.8 Å². The Bertz CT molecular complexity index is 863. The van der Waals surface area contributed by atoms with Gasteiger partial charge in [0.05, 0.1) is 6.21 Å². The molecule has 0 radical (unpaired) electrons. The van der Waals surface area contributed by atoms with Crippen molar-refractivity contribution in [2.45, 2.75) is 13.3 Å². The monoisotopic (exact) mass is 382 g/mol. The molecule has 0 heterocycles. The van der Waals surface area contributed by atoms with E-state index in [1.54, 1.807) is 24.3 Å². The summed E-state index contributed by atoms with van der Waals surface area (Å²) in [6.07, 6.45) is 2.21. The fraction of sp³-hybridized carbons (Fsp3) is 0.200. The molecule has 0 aliphatic rings. The molecule has 0 aliphatic heterocycles. The van der Waals surface area contributed by atoms with Gasteiger partial charge in [0.15, 0.2) is 6.61 Å². The fourth-order valence-corrected chi connectivity index (χ4v) is 2.27. The van der Waals surface area contributed by atoms with E-state index in [1.807, 2.05) is 31.2 Å². The average Bonchev–Trinajstić information content (AvgIpc) is 2.72. The van der Waals surface area contributed by atoms with Crippen molar-refractivity contribution < 1.29 is 19.1 Å². The van der Waals surface area contributed by atoms with Crippen molar-refractivity contribution in [3.8, 4) is 5.75 Å². The Morgan fingerprint density at radius 3 is 2.43 bits per heavy atom. The lowest BCUT2D eigenvalue weighted by molar-refractivity contribution is -0.138. The van der Waals surface area contributed by atoms with Crippen molar-refractivity contribution in [3.05, 3.63) is 59.7 Å². The van der Waals surface area contributed by atoms with Crippen LogP contribution in [0, 0.1) is 0 Å². The molecule has 8 heteroatoms. The molecule has 2 aromatic carbocycles. The van der Waals surface area contributed by atoms with Crippen LogP contribution in [0.4, 0.5) is 5.69 Å². The molecule has 2 aromatic rings. The van der Waals surface area contributed by atoms with Crippen LogP contribution in [-0.4, -0.2) is 37.6 Å². The summed E-state index contributed by atoms with van der Waals surface area (Å²) in [6.45, 7) is 1.91. The first-order chi connectivity index (χ1) is 13.5. The highest BCUT2D eigenvalue weighted by atomic mass is 16.5. The van der Waals surface area contributed by atoms with Gasteiger partial charge in [-0.15, -0.1) is 0 Å². The fourth-order valence-electron chi connectivity index (χ4n) is 2.27. The normalized spacial score (nSPS) is 10.4. The zero-order chi connectivity index (χ0) is 20.4. The van der Waals surface area contributed by atoms with Crippen LogP contribution >= 0.6 is 0 Å². The van der Waals surface area contributed by atoms with Gasteiger partial charge in [-0.1, -0.05) is 25.1 Å². The van der Waals surface area contributed by atoms with Gasteiger partial charge in [0.1, 0.15) is 5.75 Å². The SMILES string of the molecule is CCc1ccccc1NC(=O)COc1ccc(/C=N\NC(=O)C(=O)NC)cc1. The maximum absolute atomic E-state index is 12.1. The highest BCUT2D eigenvalue weighted by Crippen LogP contribution is 2.16. The molecule has 0 aliphatic carbocycles. The second kappa shape index (κ2) is 10.5. The zero-order valence-corrected chi connectivity index (χ0v) is 15.7. The maximum Gasteiger partial charge on any atom is 0.329 e. The smallest absolute Gasteiger partial charge is 0.329 e. The van der Waals surface area contributed by atoms with E-state index in [9.17, 15) is 14.4 Å². The molecular weight excluding hydrogens is 360 g/mol. The maximum atomic E-state index is 12.1. The van der Waals surface area contributed by atoms with Crippen molar-refractivity contribution in [2.75, 3.05) is 19.0 Å². The van der Waals surface area contributed by atoms with E-state index in [4.69, 9.17) is 4.74 Å².